The number of aliphatic hydroxyl groups is 1. The van der Waals surface area contributed by atoms with Gasteiger partial charge in [-0.15, -0.1) is 0 Å². The number of carbonyl (C=O) groups is 1. The smallest absolute Gasteiger partial charge is 0.420 e. The molecule has 0 unspecified atom stereocenters. The maximum absolute atomic E-state index is 13.5. The summed E-state index contributed by atoms with van der Waals surface area (Å²) < 4.78 is 45.9. The quantitative estimate of drug-likeness (QED) is 0.582. The van der Waals surface area contributed by atoms with E-state index in [1.165, 1.54) is 23.2 Å². The van der Waals surface area contributed by atoms with Crippen molar-refractivity contribution >= 4 is 28.9 Å². The van der Waals surface area contributed by atoms with Crippen molar-refractivity contribution in [2.45, 2.75) is 32.0 Å². The molecular formula is C23H23ClF3N3O3. The van der Waals surface area contributed by atoms with Crippen LogP contribution in [0.3, 0.4) is 0 Å². The summed E-state index contributed by atoms with van der Waals surface area (Å²) in [7, 11) is 0. The summed E-state index contributed by atoms with van der Waals surface area (Å²) in [6.07, 6.45) is 1.18. The van der Waals surface area contributed by atoms with E-state index in [1.807, 2.05) is 6.08 Å². The molecule has 2 amide bonds. The van der Waals surface area contributed by atoms with Gasteiger partial charge in [0, 0.05) is 25.0 Å². The van der Waals surface area contributed by atoms with Crippen LogP contribution >= 0.6 is 11.6 Å². The van der Waals surface area contributed by atoms with Gasteiger partial charge in [0.05, 0.1) is 29.5 Å². The molecule has 0 saturated heterocycles. The van der Waals surface area contributed by atoms with E-state index in [-0.39, 0.29) is 31.2 Å². The number of anilines is 1. The lowest BCUT2D eigenvalue weighted by Gasteiger charge is -2.27. The number of urea groups is 1. The lowest BCUT2D eigenvalue weighted by Crippen LogP contribution is -2.38. The van der Waals surface area contributed by atoms with Crippen LogP contribution in [0.4, 0.5) is 23.7 Å². The van der Waals surface area contributed by atoms with Crippen LogP contribution in [0, 0.1) is 5.92 Å². The molecule has 2 heterocycles. The van der Waals surface area contributed by atoms with E-state index in [1.54, 1.807) is 6.07 Å². The van der Waals surface area contributed by atoms with Gasteiger partial charge in [0.2, 0.25) is 0 Å². The van der Waals surface area contributed by atoms with Crippen LogP contribution in [-0.4, -0.2) is 40.7 Å². The fraction of sp³-hybridized carbons (Fsp3) is 0.391. The molecule has 1 aromatic carbocycles. The number of rotatable bonds is 6. The largest absolute Gasteiger partial charge is 0.493 e. The third-order valence-electron chi connectivity index (χ3n) is 5.59. The van der Waals surface area contributed by atoms with E-state index in [4.69, 9.17) is 16.3 Å². The Hall–Kier alpha value is -2.78. The number of benzene rings is 1. The Balaban J connectivity index is 1.42. The summed E-state index contributed by atoms with van der Waals surface area (Å²) in [5.74, 6) is 0.0924. The van der Waals surface area contributed by atoms with Crippen molar-refractivity contribution in [3.8, 4) is 5.75 Å². The summed E-state index contributed by atoms with van der Waals surface area (Å²) in [6, 6.07) is 4.70. The maximum atomic E-state index is 13.5. The molecule has 176 valence electrons. The lowest BCUT2D eigenvalue weighted by atomic mass is 10.0. The van der Waals surface area contributed by atoms with Gasteiger partial charge >= 0.3 is 12.2 Å². The molecule has 1 saturated carbocycles. The Morgan fingerprint density at radius 3 is 2.70 bits per heavy atom. The molecule has 0 bridgehead atoms. The Bertz CT molecular complexity index is 1070. The predicted octanol–water partition coefficient (Wildman–Crippen LogP) is 5.36. The molecule has 1 aliphatic carbocycles. The van der Waals surface area contributed by atoms with Crippen LogP contribution in [0.5, 0.6) is 5.75 Å². The first-order valence-electron chi connectivity index (χ1n) is 10.6. The zero-order valence-electron chi connectivity index (χ0n) is 17.7. The van der Waals surface area contributed by atoms with Crippen molar-refractivity contribution in [3.63, 3.8) is 0 Å². The van der Waals surface area contributed by atoms with Crippen LogP contribution in [0.15, 0.2) is 36.5 Å². The van der Waals surface area contributed by atoms with Gasteiger partial charge in [-0.05, 0) is 60.6 Å². The van der Waals surface area contributed by atoms with Crippen molar-refractivity contribution in [3.05, 3.63) is 58.4 Å². The molecule has 10 heteroatoms. The Morgan fingerprint density at radius 2 is 2.09 bits per heavy atom. The number of aliphatic hydroxyl groups excluding tert-OH is 1. The molecule has 0 spiro atoms. The van der Waals surface area contributed by atoms with Crippen molar-refractivity contribution < 1.29 is 27.8 Å². The average molecular weight is 482 g/mol. The summed E-state index contributed by atoms with van der Waals surface area (Å²) >= 11 is 6.25. The maximum Gasteiger partial charge on any atom is 0.420 e. The molecular weight excluding hydrogens is 459 g/mol. The number of carbonyl (C=O) groups excluding carboxylic acids is 1. The van der Waals surface area contributed by atoms with Crippen LogP contribution in [0.25, 0.3) is 5.57 Å². The number of halogens is 4. The van der Waals surface area contributed by atoms with Gasteiger partial charge in [-0.3, -0.25) is 4.98 Å². The van der Waals surface area contributed by atoms with Gasteiger partial charge in [0.1, 0.15) is 5.75 Å². The van der Waals surface area contributed by atoms with Crippen LogP contribution < -0.4 is 10.1 Å². The number of amides is 2. The second-order valence-corrected chi connectivity index (χ2v) is 8.56. The number of hydrogen-bond acceptors (Lipinski definition) is 4. The summed E-state index contributed by atoms with van der Waals surface area (Å²) in [4.78, 5) is 18.4. The second kappa shape index (κ2) is 9.61. The Kier molecular flexibility index (Phi) is 6.81. The number of ether oxygens (including phenoxy) is 1. The van der Waals surface area contributed by atoms with E-state index in [0.29, 0.717) is 35.2 Å². The number of nitrogens with one attached hydrogen (secondary N) is 1. The lowest BCUT2D eigenvalue weighted by molar-refractivity contribution is -0.138. The monoisotopic (exact) mass is 481 g/mol. The molecule has 2 N–H and O–H groups in total. The summed E-state index contributed by atoms with van der Waals surface area (Å²) in [6.45, 7) is 0.713. The number of nitrogens with zero attached hydrogens (tertiary/aromatic N) is 2. The Labute approximate surface area is 194 Å². The highest BCUT2D eigenvalue weighted by molar-refractivity contribution is 6.32. The predicted molar refractivity (Wildman–Crippen MR) is 118 cm³/mol. The van der Waals surface area contributed by atoms with Crippen molar-refractivity contribution in [1.82, 2.24) is 9.88 Å². The first-order chi connectivity index (χ1) is 15.7. The van der Waals surface area contributed by atoms with Gasteiger partial charge in [-0.1, -0.05) is 17.7 Å². The molecule has 1 fully saturated rings. The van der Waals surface area contributed by atoms with Gasteiger partial charge in [-0.25, -0.2) is 4.79 Å². The minimum Gasteiger partial charge on any atom is -0.493 e. The molecule has 0 radical (unpaired) electrons. The van der Waals surface area contributed by atoms with E-state index >= 15 is 0 Å². The SMILES string of the molecule is O=C(Nc1ccc(OCC2CC2)c(C(F)(F)F)c1)N1CC=C(c2ncc(CO)cc2Cl)CC1. The van der Waals surface area contributed by atoms with Gasteiger partial charge < -0.3 is 20.1 Å². The van der Waals surface area contributed by atoms with Crippen molar-refractivity contribution in [1.29, 1.82) is 0 Å². The van der Waals surface area contributed by atoms with Gasteiger partial charge in [0.25, 0.3) is 0 Å². The van der Waals surface area contributed by atoms with Crippen molar-refractivity contribution in [2.75, 3.05) is 25.0 Å². The zero-order valence-corrected chi connectivity index (χ0v) is 18.4. The Morgan fingerprint density at radius 1 is 1.30 bits per heavy atom. The van der Waals surface area contributed by atoms with Crippen LogP contribution in [-0.2, 0) is 12.8 Å². The normalized spacial score (nSPS) is 16.4. The zero-order chi connectivity index (χ0) is 23.6. The van der Waals surface area contributed by atoms with Gasteiger partial charge in [0.15, 0.2) is 0 Å². The standard InChI is InChI=1S/C23H23ClF3N3O3/c24-19-9-15(12-31)11-28-21(19)16-5-7-30(8-6-16)22(32)29-17-3-4-20(33-13-14-1-2-14)18(10-17)23(25,26)27/h3-5,9-11,14,31H,1-2,6-8,12-13H2,(H,29,32). The molecule has 33 heavy (non-hydrogen) atoms. The molecule has 4 rings (SSSR count). The number of alkyl halides is 3. The third-order valence-corrected chi connectivity index (χ3v) is 5.88. The highest BCUT2D eigenvalue weighted by atomic mass is 35.5. The minimum atomic E-state index is -4.60. The van der Waals surface area contributed by atoms with E-state index < -0.39 is 17.8 Å². The highest BCUT2D eigenvalue weighted by Gasteiger charge is 2.35. The molecule has 6 nitrogen and oxygen atoms in total. The average Bonchev–Trinajstić information content (AvgIpc) is 3.62. The third kappa shape index (κ3) is 5.78. The summed E-state index contributed by atoms with van der Waals surface area (Å²) in [5.41, 5.74) is 1.19. The molecule has 1 aliphatic heterocycles. The van der Waals surface area contributed by atoms with Crippen LogP contribution in [0.2, 0.25) is 5.02 Å². The molecule has 2 aromatic rings. The molecule has 0 atom stereocenters. The van der Waals surface area contributed by atoms with E-state index in [9.17, 15) is 23.1 Å². The van der Waals surface area contributed by atoms with Crippen molar-refractivity contribution in [2.24, 2.45) is 5.92 Å². The topological polar surface area (TPSA) is 74.7 Å². The fourth-order valence-electron chi connectivity index (χ4n) is 3.52. The van der Waals surface area contributed by atoms with Gasteiger partial charge in [-0.2, -0.15) is 13.2 Å². The van der Waals surface area contributed by atoms with E-state index in [2.05, 4.69) is 10.3 Å². The molecule has 2 aliphatic rings. The number of hydrogen-bond donors (Lipinski definition) is 2. The summed E-state index contributed by atoms with van der Waals surface area (Å²) in [5, 5.41) is 12.1. The van der Waals surface area contributed by atoms with E-state index in [0.717, 1.165) is 24.5 Å². The number of aromatic nitrogens is 1. The number of pyridine rings is 1. The first-order valence-corrected chi connectivity index (χ1v) is 11.0. The van der Waals surface area contributed by atoms with Crippen LogP contribution in [0.1, 0.15) is 36.1 Å². The fourth-order valence-corrected chi connectivity index (χ4v) is 3.83. The second-order valence-electron chi connectivity index (χ2n) is 8.15. The highest BCUT2D eigenvalue weighted by Crippen LogP contribution is 2.39. The minimum absolute atomic E-state index is 0.0465. The molecule has 1 aromatic heterocycles. The first kappa shape index (κ1) is 23.4.